The van der Waals surface area contributed by atoms with Gasteiger partial charge in [0.15, 0.2) is 5.54 Å². The first-order valence-electron chi connectivity index (χ1n) is 8.75. The maximum absolute atomic E-state index is 13.5. The molecule has 0 bridgehead atoms. The first-order valence-corrected chi connectivity index (χ1v) is 10.2. The van der Waals surface area contributed by atoms with Crippen molar-refractivity contribution in [2.75, 3.05) is 0 Å². The third-order valence-corrected chi connectivity index (χ3v) is 7.18. The summed E-state index contributed by atoms with van der Waals surface area (Å²) in [6.07, 6.45) is -0.395. The molecule has 28 heavy (non-hydrogen) atoms. The number of benzene rings is 2. The second-order valence-corrected chi connectivity index (χ2v) is 8.85. The summed E-state index contributed by atoms with van der Waals surface area (Å²) in [5, 5.41) is 0. The lowest BCUT2D eigenvalue weighted by Crippen LogP contribution is -2.51. The summed E-state index contributed by atoms with van der Waals surface area (Å²) in [6, 6.07) is 13.5. The molecule has 0 aliphatic carbocycles. The smallest absolute Gasteiger partial charge is 0.268 e. The second kappa shape index (κ2) is 6.00. The van der Waals surface area contributed by atoms with Crippen molar-refractivity contribution in [3.63, 3.8) is 0 Å². The molecular weight excluding hydrogens is 380 g/mol. The van der Waals surface area contributed by atoms with Crippen LogP contribution >= 0.6 is 0 Å². The number of rotatable bonds is 2. The number of likely N-dealkylation sites (tertiary alicyclic amines) is 1. The van der Waals surface area contributed by atoms with Crippen LogP contribution in [0.25, 0.3) is 0 Å². The van der Waals surface area contributed by atoms with E-state index >= 15 is 0 Å². The predicted molar refractivity (Wildman–Crippen MR) is 99.2 cm³/mol. The summed E-state index contributed by atoms with van der Waals surface area (Å²) >= 11 is 0. The number of hydrogen-bond acceptors (Lipinski definition) is 5. The Labute approximate surface area is 162 Å². The second-order valence-electron chi connectivity index (χ2n) is 7.10. The third kappa shape index (κ3) is 2.34. The summed E-state index contributed by atoms with van der Waals surface area (Å²) in [5.74, 6) is -1.99. The van der Waals surface area contributed by atoms with Crippen LogP contribution in [-0.2, 0) is 36.5 Å². The van der Waals surface area contributed by atoms with Crippen molar-refractivity contribution >= 4 is 27.7 Å². The summed E-state index contributed by atoms with van der Waals surface area (Å²) in [5.41, 5.74) is -0.184. The molecule has 2 aromatic carbocycles. The molecule has 0 radical (unpaired) electrons. The first-order chi connectivity index (χ1) is 13.2. The van der Waals surface area contributed by atoms with E-state index in [1.165, 1.54) is 6.07 Å². The zero-order valence-corrected chi connectivity index (χ0v) is 16.2. The van der Waals surface area contributed by atoms with E-state index in [1.54, 1.807) is 43.3 Å². The van der Waals surface area contributed by atoms with Crippen LogP contribution in [0.3, 0.4) is 0 Å². The van der Waals surface area contributed by atoms with E-state index in [1.807, 2.05) is 6.07 Å². The van der Waals surface area contributed by atoms with Gasteiger partial charge in [0.25, 0.3) is 15.9 Å². The predicted octanol–water partition coefficient (Wildman–Crippen LogP) is 1.70. The highest BCUT2D eigenvalue weighted by atomic mass is 32.2. The van der Waals surface area contributed by atoms with Gasteiger partial charge in [-0.15, -0.1) is 0 Å². The van der Waals surface area contributed by atoms with Crippen molar-refractivity contribution in [3.05, 3.63) is 65.2 Å². The summed E-state index contributed by atoms with van der Waals surface area (Å²) in [7, 11) is -4.22. The number of carbonyl (C=O) groups is 3. The number of fused-ring (bicyclic) bond motifs is 2. The summed E-state index contributed by atoms with van der Waals surface area (Å²) < 4.78 is 26.7. The summed E-state index contributed by atoms with van der Waals surface area (Å²) in [4.78, 5) is 39.6. The van der Waals surface area contributed by atoms with Gasteiger partial charge in [-0.2, -0.15) is 0 Å². The molecule has 0 aromatic heterocycles. The number of carbonyl (C=O) groups excluding carboxylic acids is 3. The Morgan fingerprint density at radius 2 is 1.79 bits per heavy atom. The van der Waals surface area contributed by atoms with Gasteiger partial charge in [0, 0.05) is 12.5 Å². The van der Waals surface area contributed by atoms with E-state index in [4.69, 9.17) is 0 Å². The quantitative estimate of drug-likeness (QED) is 0.718. The summed E-state index contributed by atoms with van der Waals surface area (Å²) in [6.45, 7) is 2.88. The van der Waals surface area contributed by atoms with Crippen LogP contribution in [-0.4, -0.2) is 35.3 Å². The van der Waals surface area contributed by atoms with Crippen LogP contribution in [0.1, 0.15) is 30.0 Å². The lowest BCUT2D eigenvalue weighted by molar-refractivity contribution is -0.145. The number of nitrogens with zero attached hydrogens (tertiary/aromatic N) is 2. The van der Waals surface area contributed by atoms with Crippen molar-refractivity contribution in [3.8, 4) is 0 Å². The zero-order chi connectivity index (χ0) is 20.3. The van der Waals surface area contributed by atoms with Gasteiger partial charge in [-0.05, 0) is 18.6 Å². The number of hydrogen-bond donors (Lipinski definition) is 0. The van der Waals surface area contributed by atoms with Crippen molar-refractivity contribution in [1.29, 1.82) is 0 Å². The molecule has 2 heterocycles. The van der Waals surface area contributed by atoms with Crippen LogP contribution < -0.4 is 0 Å². The zero-order valence-electron chi connectivity index (χ0n) is 15.4. The molecular formula is C20H18N2O5S. The normalized spacial score (nSPS) is 22.8. The van der Waals surface area contributed by atoms with Crippen molar-refractivity contribution < 1.29 is 22.8 Å². The molecule has 3 amide bonds. The van der Waals surface area contributed by atoms with Crippen LogP contribution in [0, 0.1) is 6.92 Å². The minimum Gasteiger partial charge on any atom is -0.276 e. The van der Waals surface area contributed by atoms with Gasteiger partial charge >= 0.3 is 0 Å². The molecule has 1 unspecified atom stereocenters. The average Bonchev–Trinajstić information content (AvgIpc) is 2.98. The fourth-order valence-corrected chi connectivity index (χ4v) is 6.00. The largest absolute Gasteiger partial charge is 0.276 e. The molecule has 2 aliphatic rings. The van der Waals surface area contributed by atoms with Gasteiger partial charge in [0.1, 0.15) is 0 Å². The van der Waals surface area contributed by atoms with Gasteiger partial charge in [0.05, 0.1) is 17.9 Å². The number of sulfonamides is 1. The molecule has 144 valence electrons. The SMILES string of the molecule is CC(=O)N1C2(CC(=O)N(Cc3ccccc3)C2=O)c2cc(C)ccc2S1(=O)=O. The first kappa shape index (κ1) is 18.4. The standard InChI is InChI=1S/C20H18N2O5S/c1-13-8-9-17-16(10-13)20(22(14(2)23)28(17,26)27)11-18(24)21(19(20)25)12-15-6-4-3-5-7-15/h3-10H,11-12H2,1-2H3. The van der Waals surface area contributed by atoms with Crippen molar-refractivity contribution in [2.24, 2.45) is 0 Å². The van der Waals surface area contributed by atoms with E-state index < -0.39 is 39.7 Å². The van der Waals surface area contributed by atoms with Gasteiger partial charge in [0.2, 0.25) is 11.8 Å². The number of imide groups is 1. The highest BCUT2D eigenvalue weighted by Crippen LogP contribution is 2.51. The Bertz CT molecular complexity index is 1130. The molecule has 8 heteroatoms. The fourth-order valence-electron chi connectivity index (χ4n) is 4.06. The minimum absolute atomic E-state index is 0.0210. The maximum Gasteiger partial charge on any atom is 0.268 e. The Hall–Kier alpha value is -3.00. The van der Waals surface area contributed by atoms with E-state index in [0.29, 0.717) is 4.31 Å². The van der Waals surface area contributed by atoms with Crippen LogP contribution in [0.15, 0.2) is 53.4 Å². The molecule has 1 atom stereocenters. The topological polar surface area (TPSA) is 91.8 Å². The molecule has 1 spiro atoms. The Balaban J connectivity index is 1.90. The van der Waals surface area contributed by atoms with Gasteiger partial charge in [-0.1, -0.05) is 48.0 Å². The Kier molecular flexibility index (Phi) is 3.94. The molecule has 7 nitrogen and oxygen atoms in total. The molecule has 4 rings (SSSR count). The maximum atomic E-state index is 13.5. The fraction of sp³-hybridized carbons (Fsp3) is 0.250. The van der Waals surface area contributed by atoms with Crippen molar-refractivity contribution in [1.82, 2.24) is 9.21 Å². The monoisotopic (exact) mass is 398 g/mol. The molecule has 2 aromatic rings. The highest BCUT2D eigenvalue weighted by Gasteiger charge is 2.66. The van der Waals surface area contributed by atoms with E-state index in [0.717, 1.165) is 23.0 Å². The van der Waals surface area contributed by atoms with Gasteiger partial charge in [-0.25, -0.2) is 12.7 Å². The van der Waals surface area contributed by atoms with Crippen LogP contribution in [0.2, 0.25) is 0 Å². The van der Waals surface area contributed by atoms with E-state index in [9.17, 15) is 22.8 Å². The van der Waals surface area contributed by atoms with Crippen LogP contribution in [0.4, 0.5) is 0 Å². The number of aryl methyl sites for hydroxylation is 1. The Morgan fingerprint density at radius 3 is 2.43 bits per heavy atom. The highest BCUT2D eigenvalue weighted by molar-refractivity contribution is 7.90. The van der Waals surface area contributed by atoms with E-state index in [-0.39, 0.29) is 17.0 Å². The van der Waals surface area contributed by atoms with Gasteiger partial charge in [-0.3, -0.25) is 19.3 Å². The minimum atomic E-state index is -4.22. The Morgan fingerprint density at radius 1 is 1.11 bits per heavy atom. The van der Waals surface area contributed by atoms with Crippen LogP contribution in [0.5, 0.6) is 0 Å². The average molecular weight is 398 g/mol. The molecule has 2 aliphatic heterocycles. The lowest BCUT2D eigenvalue weighted by atomic mass is 9.87. The molecule has 0 saturated carbocycles. The molecule has 0 N–H and O–H groups in total. The molecule has 1 fully saturated rings. The third-order valence-electron chi connectivity index (χ3n) is 5.22. The van der Waals surface area contributed by atoms with Gasteiger partial charge < -0.3 is 0 Å². The van der Waals surface area contributed by atoms with E-state index in [2.05, 4.69) is 0 Å². The van der Waals surface area contributed by atoms with Crippen molar-refractivity contribution in [2.45, 2.75) is 37.2 Å². The number of amides is 3. The lowest BCUT2D eigenvalue weighted by Gasteiger charge is -2.30. The molecule has 1 saturated heterocycles.